The van der Waals surface area contributed by atoms with E-state index in [0.717, 1.165) is 31.5 Å². The molecule has 2 heterocycles. The van der Waals surface area contributed by atoms with Gasteiger partial charge in [-0.25, -0.2) is 4.98 Å². The van der Waals surface area contributed by atoms with E-state index in [-0.39, 0.29) is 5.91 Å². The summed E-state index contributed by atoms with van der Waals surface area (Å²) in [5.41, 5.74) is 1.36. The third kappa shape index (κ3) is 3.21. The van der Waals surface area contributed by atoms with Gasteiger partial charge in [0.05, 0.1) is 0 Å². The first kappa shape index (κ1) is 14.8. The summed E-state index contributed by atoms with van der Waals surface area (Å²) in [6.07, 6.45) is 5.85. The van der Waals surface area contributed by atoms with Gasteiger partial charge >= 0.3 is 0 Å². The first-order valence-electron chi connectivity index (χ1n) is 8.08. The van der Waals surface area contributed by atoms with Gasteiger partial charge in [0.2, 0.25) is 5.89 Å². The molecular formula is C18H22N2O2. The predicted molar refractivity (Wildman–Crippen MR) is 85.7 cm³/mol. The number of aromatic nitrogens is 1. The Morgan fingerprint density at radius 3 is 2.36 bits per heavy atom. The molecule has 1 aromatic heterocycles. The van der Waals surface area contributed by atoms with Crippen LogP contribution in [0.3, 0.4) is 0 Å². The predicted octanol–water partition coefficient (Wildman–Crippen LogP) is 4.06. The van der Waals surface area contributed by atoms with Crippen molar-refractivity contribution in [2.75, 3.05) is 13.1 Å². The molecule has 1 amide bonds. The molecule has 4 nitrogen and oxygen atoms in total. The highest BCUT2D eigenvalue weighted by molar-refractivity contribution is 5.93. The molecule has 1 aliphatic rings. The van der Waals surface area contributed by atoms with E-state index in [1.54, 1.807) is 0 Å². The molecule has 1 aliphatic heterocycles. The fraction of sp³-hybridized carbons (Fsp3) is 0.444. The molecule has 116 valence electrons. The van der Waals surface area contributed by atoms with E-state index in [1.807, 2.05) is 42.2 Å². The Kier molecular flexibility index (Phi) is 4.56. The van der Waals surface area contributed by atoms with Crippen LogP contribution >= 0.6 is 0 Å². The molecule has 0 atom stereocenters. The summed E-state index contributed by atoms with van der Waals surface area (Å²) in [5, 5.41) is 0. The van der Waals surface area contributed by atoms with Crippen molar-refractivity contribution in [3.05, 3.63) is 41.8 Å². The Morgan fingerprint density at radius 2 is 1.68 bits per heavy atom. The minimum atomic E-state index is 0.00494. The van der Waals surface area contributed by atoms with Gasteiger partial charge in [0, 0.05) is 18.7 Å². The molecule has 0 bridgehead atoms. The first-order valence-corrected chi connectivity index (χ1v) is 8.08. The summed E-state index contributed by atoms with van der Waals surface area (Å²) < 4.78 is 5.71. The van der Waals surface area contributed by atoms with Crippen LogP contribution in [0, 0.1) is 6.92 Å². The molecular weight excluding hydrogens is 276 g/mol. The third-order valence-corrected chi connectivity index (χ3v) is 4.16. The molecule has 3 rings (SSSR count). The molecule has 0 radical (unpaired) electrons. The number of rotatable bonds is 2. The fourth-order valence-corrected chi connectivity index (χ4v) is 2.90. The summed E-state index contributed by atoms with van der Waals surface area (Å²) >= 11 is 0. The number of nitrogens with zero attached hydrogens (tertiary/aromatic N) is 2. The maximum atomic E-state index is 12.7. The second kappa shape index (κ2) is 6.77. The van der Waals surface area contributed by atoms with Crippen LogP contribution in [0.1, 0.15) is 48.4 Å². The standard InChI is InChI=1S/C18H22N2O2/c1-14-16(18(21)20-12-8-3-2-4-9-13-20)19-17(22-14)15-10-6-5-7-11-15/h5-7,10-11H,2-4,8-9,12-13H2,1H3. The summed E-state index contributed by atoms with van der Waals surface area (Å²) in [6.45, 7) is 3.47. The van der Waals surface area contributed by atoms with Gasteiger partial charge in [-0.2, -0.15) is 0 Å². The zero-order chi connectivity index (χ0) is 15.4. The van der Waals surface area contributed by atoms with E-state index in [4.69, 9.17) is 4.42 Å². The highest BCUT2D eigenvalue weighted by Crippen LogP contribution is 2.23. The Labute approximate surface area is 131 Å². The molecule has 0 aliphatic carbocycles. The number of carbonyl (C=O) groups excluding carboxylic acids is 1. The van der Waals surface area contributed by atoms with E-state index in [2.05, 4.69) is 4.98 Å². The Balaban J connectivity index is 1.81. The van der Waals surface area contributed by atoms with Gasteiger partial charge in [-0.3, -0.25) is 4.79 Å². The van der Waals surface area contributed by atoms with Crippen molar-refractivity contribution in [2.45, 2.75) is 39.0 Å². The van der Waals surface area contributed by atoms with E-state index >= 15 is 0 Å². The number of carbonyl (C=O) groups is 1. The topological polar surface area (TPSA) is 46.3 Å². The molecule has 1 saturated heterocycles. The van der Waals surface area contributed by atoms with Crippen molar-refractivity contribution in [3.8, 4) is 11.5 Å². The largest absolute Gasteiger partial charge is 0.441 e. The number of oxazole rings is 1. The first-order chi connectivity index (χ1) is 10.8. The number of amides is 1. The van der Waals surface area contributed by atoms with E-state index in [1.165, 1.54) is 19.3 Å². The van der Waals surface area contributed by atoms with Crippen LogP contribution in [0.5, 0.6) is 0 Å². The van der Waals surface area contributed by atoms with Gasteiger partial charge in [0.1, 0.15) is 5.76 Å². The molecule has 1 fully saturated rings. The van der Waals surface area contributed by atoms with Gasteiger partial charge in [-0.05, 0) is 31.9 Å². The molecule has 22 heavy (non-hydrogen) atoms. The molecule has 0 N–H and O–H groups in total. The maximum absolute atomic E-state index is 12.7. The number of benzene rings is 1. The lowest BCUT2D eigenvalue weighted by atomic mass is 10.1. The van der Waals surface area contributed by atoms with E-state index in [0.29, 0.717) is 17.3 Å². The van der Waals surface area contributed by atoms with Crippen LogP contribution < -0.4 is 0 Å². The summed E-state index contributed by atoms with van der Waals surface area (Å²) in [5.74, 6) is 1.13. The normalized spacial score (nSPS) is 16.1. The monoisotopic (exact) mass is 298 g/mol. The van der Waals surface area contributed by atoms with Crippen LogP contribution in [-0.2, 0) is 0 Å². The number of hydrogen-bond acceptors (Lipinski definition) is 3. The smallest absolute Gasteiger partial charge is 0.276 e. The second-order valence-electron chi connectivity index (χ2n) is 5.85. The number of hydrogen-bond donors (Lipinski definition) is 0. The molecule has 0 saturated carbocycles. The zero-order valence-electron chi connectivity index (χ0n) is 13.0. The SMILES string of the molecule is Cc1oc(-c2ccccc2)nc1C(=O)N1CCCCCCC1. The van der Waals surface area contributed by atoms with E-state index < -0.39 is 0 Å². The van der Waals surface area contributed by atoms with Crippen molar-refractivity contribution >= 4 is 5.91 Å². The summed E-state index contributed by atoms with van der Waals surface area (Å²) in [4.78, 5) is 19.1. The van der Waals surface area contributed by atoms with Crippen LogP contribution in [0.2, 0.25) is 0 Å². The van der Waals surface area contributed by atoms with Gasteiger partial charge in [-0.1, -0.05) is 37.5 Å². The lowest BCUT2D eigenvalue weighted by Crippen LogP contribution is -2.34. The molecule has 0 spiro atoms. The van der Waals surface area contributed by atoms with Crippen molar-refractivity contribution in [1.82, 2.24) is 9.88 Å². The van der Waals surface area contributed by atoms with Crippen molar-refractivity contribution < 1.29 is 9.21 Å². The Bertz CT molecular complexity index is 626. The van der Waals surface area contributed by atoms with Crippen molar-refractivity contribution in [1.29, 1.82) is 0 Å². The molecule has 0 unspecified atom stereocenters. The Morgan fingerprint density at radius 1 is 1.05 bits per heavy atom. The van der Waals surface area contributed by atoms with Gasteiger partial charge < -0.3 is 9.32 Å². The maximum Gasteiger partial charge on any atom is 0.276 e. The van der Waals surface area contributed by atoms with Crippen LogP contribution in [-0.4, -0.2) is 28.9 Å². The fourth-order valence-electron chi connectivity index (χ4n) is 2.90. The Hall–Kier alpha value is -2.10. The van der Waals surface area contributed by atoms with Crippen LogP contribution in [0.15, 0.2) is 34.7 Å². The average Bonchev–Trinajstić information content (AvgIpc) is 2.89. The lowest BCUT2D eigenvalue weighted by Gasteiger charge is -2.24. The molecule has 2 aromatic rings. The quantitative estimate of drug-likeness (QED) is 0.840. The molecule has 1 aromatic carbocycles. The third-order valence-electron chi connectivity index (χ3n) is 4.16. The second-order valence-corrected chi connectivity index (χ2v) is 5.85. The average molecular weight is 298 g/mol. The van der Waals surface area contributed by atoms with Crippen molar-refractivity contribution in [2.24, 2.45) is 0 Å². The van der Waals surface area contributed by atoms with Gasteiger partial charge in [0.15, 0.2) is 5.69 Å². The number of likely N-dealkylation sites (tertiary alicyclic amines) is 1. The van der Waals surface area contributed by atoms with Crippen LogP contribution in [0.25, 0.3) is 11.5 Å². The van der Waals surface area contributed by atoms with Crippen LogP contribution in [0.4, 0.5) is 0 Å². The highest BCUT2D eigenvalue weighted by atomic mass is 16.4. The lowest BCUT2D eigenvalue weighted by molar-refractivity contribution is 0.0735. The summed E-state index contributed by atoms with van der Waals surface area (Å²) in [7, 11) is 0. The summed E-state index contributed by atoms with van der Waals surface area (Å²) in [6, 6.07) is 9.71. The molecule has 4 heteroatoms. The zero-order valence-corrected chi connectivity index (χ0v) is 13.0. The van der Waals surface area contributed by atoms with Crippen molar-refractivity contribution in [3.63, 3.8) is 0 Å². The number of aryl methyl sites for hydroxylation is 1. The minimum Gasteiger partial charge on any atom is -0.441 e. The van der Waals surface area contributed by atoms with E-state index in [9.17, 15) is 4.79 Å². The van der Waals surface area contributed by atoms with Gasteiger partial charge in [0.25, 0.3) is 5.91 Å². The van der Waals surface area contributed by atoms with Gasteiger partial charge in [-0.15, -0.1) is 0 Å². The highest BCUT2D eigenvalue weighted by Gasteiger charge is 2.23. The minimum absolute atomic E-state index is 0.00494.